The third-order valence-electron chi connectivity index (χ3n) is 6.47. The normalized spacial score (nSPS) is 27.6. The molecule has 0 aliphatic carbocycles. The van der Waals surface area contributed by atoms with Gasteiger partial charge in [-0.25, -0.2) is 18.9 Å². The molecule has 0 saturated carbocycles. The van der Waals surface area contributed by atoms with E-state index in [0.29, 0.717) is 0 Å². The van der Waals surface area contributed by atoms with E-state index in [-0.39, 0.29) is 40.2 Å². The molecule has 236 valence electrons. The number of nitrogen functional groups attached to an aromatic ring is 2. The number of fused-ring (bicyclic) bond motifs is 1. The van der Waals surface area contributed by atoms with Crippen LogP contribution in [0.2, 0.25) is 0 Å². The van der Waals surface area contributed by atoms with E-state index in [1.807, 2.05) is 0 Å². The molecule has 3 aromatic rings. The van der Waals surface area contributed by atoms with Gasteiger partial charge in [-0.3, -0.25) is 32.5 Å². The van der Waals surface area contributed by atoms with Gasteiger partial charge >= 0.3 is 21.3 Å². The molecule has 21 nitrogen and oxygen atoms in total. The highest BCUT2D eigenvalue weighted by Crippen LogP contribution is 2.50. The van der Waals surface area contributed by atoms with Crippen LogP contribution >= 0.6 is 31.6 Å². The molecular weight excluding hydrogens is 690 g/mol. The highest BCUT2D eigenvalue weighted by molar-refractivity contribution is 9.10. The largest absolute Gasteiger partial charge is 0.472 e. The molecule has 24 heteroatoms. The molecule has 0 bridgehead atoms. The lowest BCUT2D eigenvalue weighted by Gasteiger charge is -2.22. The Kier molecular flexibility index (Phi) is 8.93. The summed E-state index contributed by atoms with van der Waals surface area (Å²) in [5, 5.41) is 10.4. The monoisotopic (exact) mass is 714 g/mol. The third-order valence-corrected chi connectivity index (χ3v) is 8.54. The summed E-state index contributed by atoms with van der Waals surface area (Å²) in [5.41, 5.74) is 10.4. The number of phosphoric acid groups is 2. The van der Waals surface area contributed by atoms with Gasteiger partial charge in [0.2, 0.25) is 5.95 Å². The quantitative estimate of drug-likeness (QED) is 0.122. The summed E-state index contributed by atoms with van der Waals surface area (Å²) in [6.07, 6.45) is -4.87. The van der Waals surface area contributed by atoms with Crippen molar-refractivity contribution in [3.63, 3.8) is 0 Å². The van der Waals surface area contributed by atoms with Gasteiger partial charge in [0.1, 0.15) is 36.3 Å². The first-order valence-electron chi connectivity index (χ1n) is 12.2. The van der Waals surface area contributed by atoms with Crippen LogP contribution in [0.25, 0.3) is 11.2 Å². The molecule has 0 amide bonds. The van der Waals surface area contributed by atoms with Crippen molar-refractivity contribution in [3.8, 4) is 0 Å². The van der Waals surface area contributed by atoms with Crippen LogP contribution in [0, 0.1) is 0 Å². The number of phosphoric ester groups is 2. The minimum absolute atomic E-state index is 0.0155. The van der Waals surface area contributed by atoms with Gasteiger partial charge in [-0.05, 0) is 15.9 Å². The predicted octanol–water partition coefficient (Wildman–Crippen LogP) is -1.15. The van der Waals surface area contributed by atoms with E-state index in [9.17, 15) is 28.7 Å². The highest BCUT2D eigenvalue weighted by Gasteiger charge is 2.44. The van der Waals surface area contributed by atoms with Gasteiger partial charge < -0.3 is 40.7 Å². The van der Waals surface area contributed by atoms with E-state index in [0.717, 1.165) is 4.57 Å². The first kappa shape index (κ1) is 31.8. The Hall–Kier alpha value is -2.59. The summed E-state index contributed by atoms with van der Waals surface area (Å²) in [5.74, 6) is -0.179. The zero-order valence-corrected chi connectivity index (χ0v) is 24.9. The Morgan fingerprint density at radius 2 is 1.72 bits per heavy atom. The van der Waals surface area contributed by atoms with Crippen molar-refractivity contribution in [2.75, 3.05) is 24.7 Å². The van der Waals surface area contributed by atoms with Gasteiger partial charge in [0.15, 0.2) is 11.5 Å². The molecule has 0 radical (unpaired) electrons. The summed E-state index contributed by atoms with van der Waals surface area (Å²) < 4.78 is 53.0. The number of aromatic amines is 1. The number of nitrogens with zero attached hydrogens (tertiary/aromatic N) is 5. The first-order valence-corrected chi connectivity index (χ1v) is 16.0. The zero-order chi connectivity index (χ0) is 31.3. The average molecular weight is 715 g/mol. The van der Waals surface area contributed by atoms with E-state index in [2.05, 4.69) is 40.4 Å². The number of nitrogens with one attached hydrogen (secondary N) is 1. The van der Waals surface area contributed by atoms with Crippen LogP contribution in [0.3, 0.4) is 0 Å². The van der Waals surface area contributed by atoms with Crippen molar-refractivity contribution >= 4 is 54.5 Å². The summed E-state index contributed by atoms with van der Waals surface area (Å²) in [6, 6.07) is 0. The van der Waals surface area contributed by atoms with E-state index in [1.54, 1.807) is 0 Å². The Labute approximate surface area is 247 Å². The Balaban J connectivity index is 1.28. The Bertz CT molecular complexity index is 1730. The molecule has 43 heavy (non-hydrogen) atoms. The first-order chi connectivity index (χ1) is 20.1. The zero-order valence-electron chi connectivity index (χ0n) is 21.6. The number of hydrogen-bond donors (Lipinski definition) is 7. The molecule has 5 heterocycles. The third kappa shape index (κ3) is 7.22. The Morgan fingerprint density at radius 1 is 1.05 bits per heavy atom. The smallest absolute Gasteiger partial charge is 0.390 e. The van der Waals surface area contributed by atoms with Crippen LogP contribution < -0.4 is 22.7 Å². The van der Waals surface area contributed by atoms with Crippen LogP contribution in [0.1, 0.15) is 25.3 Å². The summed E-state index contributed by atoms with van der Waals surface area (Å²) in [4.78, 5) is 66.6. The lowest BCUT2D eigenvalue weighted by Crippen LogP contribution is -2.32. The molecule has 3 aromatic heterocycles. The highest BCUT2D eigenvalue weighted by atomic mass is 79.9. The second kappa shape index (κ2) is 12.1. The van der Waals surface area contributed by atoms with Crippen molar-refractivity contribution in [2.24, 2.45) is 0 Å². The fourth-order valence-corrected chi connectivity index (χ4v) is 6.17. The van der Waals surface area contributed by atoms with Crippen molar-refractivity contribution in [1.29, 1.82) is 0 Å². The van der Waals surface area contributed by atoms with Crippen LogP contribution in [-0.2, 0) is 32.2 Å². The molecule has 7 unspecified atom stereocenters. The maximum Gasteiger partial charge on any atom is 0.472 e. The van der Waals surface area contributed by atoms with Gasteiger partial charge in [-0.1, -0.05) is 0 Å². The lowest BCUT2D eigenvalue weighted by molar-refractivity contribution is -0.0562. The average Bonchev–Trinajstić information content (AvgIpc) is 3.60. The maximum atomic E-state index is 12.9. The minimum Gasteiger partial charge on any atom is -0.390 e. The van der Waals surface area contributed by atoms with Gasteiger partial charge in [0.05, 0.1) is 30.1 Å². The summed E-state index contributed by atoms with van der Waals surface area (Å²) >= 11 is 3.00. The molecule has 0 aromatic carbocycles. The number of imidazole rings is 1. The van der Waals surface area contributed by atoms with Gasteiger partial charge in [0, 0.05) is 19.0 Å². The van der Waals surface area contributed by atoms with Crippen LogP contribution in [0.4, 0.5) is 11.8 Å². The fourth-order valence-electron chi connectivity index (χ4n) is 4.55. The van der Waals surface area contributed by atoms with Gasteiger partial charge in [-0.15, -0.1) is 0 Å². The van der Waals surface area contributed by atoms with Crippen molar-refractivity contribution in [2.45, 2.75) is 49.7 Å². The maximum absolute atomic E-state index is 12.9. The SMILES string of the molecule is Nc1nc(N)c2ncn(C3CC(OP(=O)(O)OCC4OC(n5cc(Br)c(=O)[nH]c5=O)CC4O)C(COP(=O)(O)O)O3)c2n1. The standard InChI is InChI=1S/C19H25BrN8O13P2/c20-7-3-27(19(31)26-17(7)30)12-1-8(29)10(39-12)4-38-43(35,36)41-9-2-13(40-11(9)5-37-42(32,33)34)28-6-23-14-15(21)24-18(22)25-16(14)28/h3,6,8-13,29H,1-2,4-5H2,(H,35,36)(H,26,30,31)(H2,32,33,34)(H4,21,22,24,25). The molecule has 2 aliphatic heterocycles. The van der Waals surface area contributed by atoms with Crippen molar-refractivity contribution in [3.05, 3.63) is 37.8 Å². The topological polar surface area (TPSA) is 312 Å². The molecule has 2 fully saturated rings. The fraction of sp³-hybridized carbons (Fsp3) is 0.526. The van der Waals surface area contributed by atoms with E-state index >= 15 is 0 Å². The predicted molar refractivity (Wildman–Crippen MR) is 145 cm³/mol. The van der Waals surface area contributed by atoms with Crippen LogP contribution in [-0.4, -0.2) is 86.5 Å². The van der Waals surface area contributed by atoms with E-state index < -0.39 is 77.0 Å². The number of rotatable bonds is 10. The number of H-pyrrole nitrogens is 1. The molecule has 0 spiro atoms. The number of halogens is 1. The number of aliphatic hydroxyl groups is 1. The number of ether oxygens (including phenoxy) is 2. The lowest BCUT2D eigenvalue weighted by atomic mass is 10.2. The molecule has 2 saturated heterocycles. The van der Waals surface area contributed by atoms with E-state index in [1.165, 1.54) is 17.1 Å². The van der Waals surface area contributed by atoms with Crippen molar-refractivity contribution < 1.29 is 52.0 Å². The number of aromatic nitrogens is 6. The van der Waals surface area contributed by atoms with E-state index in [4.69, 9.17) is 39.8 Å². The number of anilines is 2. The molecular formula is C19H25BrN8O13P2. The number of aliphatic hydroxyl groups excluding tert-OH is 1. The second-order valence-corrected chi connectivity index (χ2v) is 12.9. The Morgan fingerprint density at radius 3 is 2.44 bits per heavy atom. The van der Waals surface area contributed by atoms with Crippen molar-refractivity contribution in [1.82, 2.24) is 29.1 Å². The summed E-state index contributed by atoms with van der Waals surface area (Å²) in [7, 11) is -9.90. The minimum atomic E-state index is -4.97. The number of hydrogen-bond acceptors (Lipinski definition) is 15. The van der Waals surface area contributed by atoms with Crippen LogP contribution in [0.15, 0.2) is 26.6 Å². The van der Waals surface area contributed by atoms with Gasteiger partial charge in [0.25, 0.3) is 5.56 Å². The van der Waals surface area contributed by atoms with Crippen LogP contribution in [0.5, 0.6) is 0 Å². The second-order valence-electron chi connectivity index (χ2n) is 9.43. The molecule has 7 atom stereocenters. The summed E-state index contributed by atoms with van der Waals surface area (Å²) in [6.45, 7) is -1.40. The molecule has 2 aliphatic rings. The molecule has 5 rings (SSSR count). The molecule has 9 N–H and O–H groups in total. The van der Waals surface area contributed by atoms with Gasteiger partial charge in [-0.2, -0.15) is 9.97 Å². The number of nitrogens with two attached hydrogens (primary N) is 2.